The van der Waals surface area contributed by atoms with Crippen molar-refractivity contribution in [1.29, 1.82) is 0 Å². The Morgan fingerprint density at radius 3 is 2.33 bits per heavy atom. The molecule has 18 heavy (non-hydrogen) atoms. The van der Waals surface area contributed by atoms with E-state index in [4.69, 9.17) is 10.5 Å². The standard InChI is InChI=1S/C11H20N2O4.ClH/c1-10(2,3)17-9(16)13-6-7(12)5-11(13,4)8(14)15;/h7H,5-6,12H2,1-4H3,(H,14,15);1H/t7-,11?;/m0./s1. The number of carbonyl (C=O) groups excluding carboxylic acids is 1. The molecule has 1 aliphatic rings. The molecule has 1 rings (SSSR count). The van der Waals surface area contributed by atoms with Crippen LogP contribution in [0.2, 0.25) is 0 Å². The van der Waals surface area contributed by atoms with Gasteiger partial charge >= 0.3 is 12.1 Å². The van der Waals surface area contributed by atoms with E-state index in [1.54, 1.807) is 20.8 Å². The fourth-order valence-corrected chi connectivity index (χ4v) is 1.92. The zero-order valence-corrected chi connectivity index (χ0v) is 11.9. The lowest BCUT2D eigenvalue weighted by atomic mass is 9.98. The van der Waals surface area contributed by atoms with Gasteiger partial charge in [0.05, 0.1) is 0 Å². The highest BCUT2D eigenvalue weighted by Gasteiger charge is 2.50. The van der Waals surface area contributed by atoms with Crippen molar-refractivity contribution in [3.8, 4) is 0 Å². The molecule has 0 bridgehead atoms. The number of amides is 1. The fraction of sp³-hybridized carbons (Fsp3) is 0.818. The summed E-state index contributed by atoms with van der Waals surface area (Å²) in [5.41, 5.74) is 3.80. The summed E-state index contributed by atoms with van der Waals surface area (Å²) in [6.45, 7) is 6.90. The minimum absolute atomic E-state index is 0. The van der Waals surface area contributed by atoms with Crippen LogP contribution in [0.4, 0.5) is 4.79 Å². The summed E-state index contributed by atoms with van der Waals surface area (Å²) >= 11 is 0. The molecule has 6 nitrogen and oxygen atoms in total. The van der Waals surface area contributed by atoms with E-state index >= 15 is 0 Å². The number of carboxylic acid groups (broad SMARTS) is 1. The number of aliphatic carboxylic acids is 1. The summed E-state index contributed by atoms with van der Waals surface area (Å²) in [4.78, 5) is 24.4. The van der Waals surface area contributed by atoms with Gasteiger partial charge in [-0.15, -0.1) is 12.4 Å². The summed E-state index contributed by atoms with van der Waals surface area (Å²) in [7, 11) is 0. The van der Waals surface area contributed by atoms with E-state index in [-0.39, 0.29) is 31.4 Å². The number of carbonyl (C=O) groups is 2. The number of nitrogens with zero attached hydrogens (tertiary/aromatic N) is 1. The highest BCUT2D eigenvalue weighted by molar-refractivity contribution is 5.85. The molecule has 0 aliphatic carbocycles. The molecule has 0 aromatic carbocycles. The van der Waals surface area contributed by atoms with Gasteiger partial charge in [0.25, 0.3) is 0 Å². The first kappa shape index (κ1) is 17.0. The molecule has 1 heterocycles. The molecule has 1 amide bonds. The lowest BCUT2D eigenvalue weighted by Gasteiger charge is -2.32. The minimum Gasteiger partial charge on any atom is -0.480 e. The molecule has 1 unspecified atom stereocenters. The molecule has 0 radical (unpaired) electrons. The monoisotopic (exact) mass is 280 g/mol. The smallest absolute Gasteiger partial charge is 0.411 e. The number of likely N-dealkylation sites (tertiary alicyclic amines) is 1. The highest BCUT2D eigenvalue weighted by Crippen LogP contribution is 2.30. The number of carboxylic acids is 1. The summed E-state index contributed by atoms with van der Waals surface area (Å²) in [5.74, 6) is -1.06. The van der Waals surface area contributed by atoms with Crippen LogP contribution in [0.3, 0.4) is 0 Å². The van der Waals surface area contributed by atoms with Gasteiger partial charge in [0.1, 0.15) is 11.1 Å². The first-order chi connectivity index (χ1) is 7.56. The van der Waals surface area contributed by atoms with Crippen LogP contribution in [0, 0.1) is 0 Å². The van der Waals surface area contributed by atoms with Crippen molar-refractivity contribution < 1.29 is 19.4 Å². The molecule has 1 saturated heterocycles. The van der Waals surface area contributed by atoms with Gasteiger partial charge in [0.2, 0.25) is 0 Å². The van der Waals surface area contributed by atoms with Crippen LogP contribution in [-0.4, -0.2) is 45.8 Å². The summed E-state index contributed by atoms with van der Waals surface area (Å²) in [6.07, 6.45) is -0.392. The Kier molecular flexibility index (Phi) is 5.02. The van der Waals surface area contributed by atoms with E-state index in [1.807, 2.05) is 0 Å². The normalized spacial score (nSPS) is 27.6. The van der Waals surface area contributed by atoms with E-state index < -0.39 is 23.2 Å². The minimum atomic E-state index is -1.28. The lowest BCUT2D eigenvalue weighted by molar-refractivity contribution is -0.148. The SMILES string of the molecule is CC(C)(C)OC(=O)N1C[C@@H](N)CC1(C)C(=O)O.Cl. The van der Waals surface area contributed by atoms with Crippen molar-refractivity contribution >= 4 is 24.5 Å². The van der Waals surface area contributed by atoms with Crippen LogP contribution < -0.4 is 5.73 Å². The van der Waals surface area contributed by atoms with Crippen LogP contribution >= 0.6 is 12.4 Å². The fourth-order valence-electron chi connectivity index (χ4n) is 1.92. The molecule has 0 spiro atoms. The third-order valence-corrected chi connectivity index (χ3v) is 2.75. The number of halogens is 1. The Morgan fingerprint density at radius 1 is 1.44 bits per heavy atom. The average molecular weight is 281 g/mol. The molecule has 0 aromatic rings. The molecular formula is C11H21ClN2O4. The quantitative estimate of drug-likeness (QED) is 0.753. The van der Waals surface area contributed by atoms with Gasteiger partial charge in [0, 0.05) is 12.6 Å². The molecule has 1 fully saturated rings. The Labute approximate surface area is 113 Å². The summed E-state index contributed by atoms with van der Waals surface area (Å²) in [5, 5.41) is 9.20. The zero-order chi connectivity index (χ0) is 13.4. The summed E-state index contributed by atoms with van der Waals surface area (Å²) in [6, 6.07) is -0.330. The maximum Gasteiger partial charge on any atom is 0.411 e. The molecule has 0 saturated carbocycles. The van der Waals surface area contributed by atoms with E-state index in [1.165, 1.54) is 11.8 Å². The van der Waals surface area contributed by atoms with Crippen molar-refractivity contribution in [1.82, 2.24) is 4.90 Å². The van der Waals surface area contributed by atoms with Crippen molar-refractivity contribution in [3.63, 3.8) is 0 Å². The highest BCUT2D eigenvalue weighted by atomic mass is 35.5. The molecular weight excluding hydrogens is 260 g/mol. The third kappa shape index (κ3) is 3.49. The Balaban J connectivity index is 0.00000289. The number of hydrogen-bond donors (Lipinski definition) is 2. The van der Waals surface area contributed by atoms with Gasteiger partial charge in [0.15, 0.2) is 0 Å². The molecule has 1 aliphatic heterocycles. The van der Waals surface area contributed by atoms with E-state index in [9.17, 15) is 14.7 Å². The van der Waals surface area contributed by atoms with Crippen LogP contribution in [0.25, 0.3) is 0 Å². The number of hydrogen-bond acceptors (Lipinski definition) is 4. The largest absolute Gasteiger partial charge is 0.480 e. The first-order valence-electron chi connectivity index (χ1n) is 5.56. The molecule has 7 heteroatoms. The number of ether oxygens (including phenoxy) is 1. The zero-order valence-electron chi connectivity index (χ0n) is 11.1. The molecule has 3 N–H and O–H groups in total. The van der Waals surface area contributed by atoms with Gasteiger partial charge in [-0.25, -0.2) is 9.59 Å². The topological polar surface area (TPSA) is 92.9 Å². The number of nitrogens with two attached hydrogens (primary N) is 1. The van der Waals surface area contributed by atoms with Gasteiger partial charge in [-0.3, -0.25) is 4.90 Å². The van der Waals surface area contributed by atoms with Crippen molar-refractivity contribution in [2.24, 2.45) is 5.73 Å². The van der Waals surface area contributed by atoms with Gasteiger partial charge in [-0.1, -0.05) is 0 Å². The first-order valence-corrected chi connectivity index (χ1v) is 5.56. The number of rotatable bonds is 1. The van der Waals surface area contributed by atoms with E-state index in [0.717, 1.165) is 0 Å². The Hall–Kier alpha value is -1.01. The van der Waals surface area contributed by atoms with Crippen molar-refractivity contribution in [2.75, 3.05) is 6.54 Å². The second-order valence-electron chi connectivity index (χ2n) is 5.63. The van der Waals surface area contributed by atoms with Crippen LogP contribution in [0.5, 0.6) is 0 Å². The van der Waals surface area contributed by atoms with Gasteiger partial charge in [-0.2, -0.15) is 0 Å². The van der Waals surface area contributed by atoms with Gasteiger partial charge < -0.3 is 15.6 Å². The Bertz CT molecular complexity index is 342. The predicted octanol–water partition coefficient (Wildman–Crippen LogP) is 1.22. The molecule has 0 aromatic heterocycles. The van der Waals surface area contributed by atoms with Crippen molar-refractivity contribution in [3.05, 3.63) is 0 Å². The van der Waals surface area contributed by atoms with E-state index in [2.05, 4.69) is 0 Å². The molecule has 106 valence electrons. The second-order valence-corrected chi connectivity index (χ2v) is 5.63. The van der Waals surface area contributed by atoms with Crippen molar-refractivity contribution in [2.45, 2.75) is 51.3 Å². The van der Waals surface area contributed by atoms with Crippen LogP contribution in [0.1, 0.15) is 34.1 Å². The third-order valence-electron chi connectivity index (χ3n) is 2.75. The van der Waals surface area contributed by atoms with Crippen LogP contribution in [0.15, 0.2) is 0 Å². The molecule has 2 atom stereocenters. The maximum atomic E-state index is 11.9. The van der Waals surface area contributed by atoms with Crippen LogP contribution in [-0.2, 0) is 9.53 Å². The summed E-state index contributed by atoms with van der Waals surface area (Å²) < 4.78 is 5.18. The lowest BCUT2D eigenvalue weighted by Crippen LogP contribution is -2.52. The maximum absolute atomic E-state index is 11.9. The van der Waals surface area contributed by atoms with E-state index in [0.29, 0.717) is 0 Å². The Morgan fingerprint density at radius 2 is 1.94 bits per heavy atom. The average Bonchev–Trinajstić information content (AvgIpc) is 2.40. The predicted molar refractivity (Wildman–Crippen MR) is 68.8 cm³/mol. The van der Waals surface area contributed by atoms with Gasteiger partial charge in [-0.05, 0) is 34.1 Å². The second kappa shape index (κ2) is 5.32.